The van der Waals surface area contributed by atoms with E-state index in [1.165, 1.54) is 48.1 Å². The maximum absolute atomic E-state index is 14.8. The molecule has 0 spiro atoms. The zero-order valence-corrected chi connectivity index (χ0v) is 26.1. The van der Waals surface area contributed by atoms with Crippen molar-refractivity contribution in [3.63, 3.8) is 0 Å². The number of likely N-dealkylation sites (N-methyl/N-ethyl adjacent to an activating group) is 1. The highest BCUT2D eigenvalue weighted by molar-refractivity contribution is 6.34. The minimum absolute atomic E-state index is 0.0271. The first-order valence-electron chi connectivity index (χ1n) is 14.0. The largest absolute Gasteiger partial charge is 0.476 e. The Bertz CT molecular complexity index is 1730. The quantitative estimate of drug-likeness (QED) is 0.315. The number of nitriles is 1. The van der Waals surface area contributed by atoms with Crippen molar-refractivity contribution in [1.29, 1.82) is 5.26 Å². The van der Waals surface area contributed by atoms with E-state index in [0.717, 1.165) is 0 Å². The van der Waals surface area contributed by atoms with Gasteiger partial charge in [-0.3, -0.25) is 19.2 Å². The van der Waals surface area contributed by atoms with Crippen molar-refractivity contribution in [1.82, 2.24) is 19.4 Å². The van der Waals surface area contributed by atoms with Gasteiger partial charge in [0.25, 0.3) is 23.6 Å². The van der Waals surface area contributed by atoms with Gasteiger partial charge in [-0.15, -0.1) is 0 Å². The van der Waals surface area contributed by atoms with E-state index >= 15 is 0 Å². The molecule has 3 aromatic rings. The van der Waals surface area contributed by atoms with Crippen LogP contribution in [-0.2, 0) is 16.6 Å². The first kappa shape index (κ1) is 33.8. The SMILES string of the molecule is Cn1c(-c2ccc(OCC#N)c(F)c2F)cnc1C(=O)Nc1ccc(C(=O)N2CCN(C(=O)C[N+](C)(C)CC(N)=O)CC2)c(Cl)c1. The number of hydrogen-bond donors (Lipinski definition) is 2. The average molecular weight is 658 g/mol. The molecule has 0 unspecified atom stereocenters. The van der Waals surface area contributed by atoms with Gasteiger partial charge >= 0.3 is 0 Å². The lowest BCUT2D eigenvalue weighted by Crippen LogP contribution is -2.56. The highest BCUT2D eigenvalue weighted by Gasteiger charge is 2.30. The Morgan fingerprint density at radius 3 is 2.37 bits per heavy atom. The molecule has 0 radical (unpaired) electrons. The predicted octanol–water partition coefficient (Wildman–Crippen LogP) is 2.02. The molecule has 2 aromatic carbocycles. The van der Waals surface area contributed by atoms with E-state index in [4.69, 9.17) is 27.3 Å². The molecule has 1 saturated heterocycles. The summed E-state index contributed by atoms with van der Waals surface area (Å²) in [6.45, 7) is 0.859. The van der Waals surface area contributed by atoms with Crippen molar-refractivity contribution in [3.8, 4) is 23.1 Å². The number of quaternary nitrogens is 1. The molecule has 0 aliphatic carbocycles. The second-order valence-corrected chi connectivity index (χ2v) is 11.7. The fourth-order valence-corrected chi connectivity index (χ4v) is 5.31. The van der Waals surface area contributed by atoms with Crippen LogP contribution in [-0.4, -0.2) is 107 Å². The van der Waals surface area contributed by atoms with Crippen LogP contribution in [0.15, 0.2) is 36.5 Å². The molecule has 3 N–H and O–H groups in total. The van der Waals surface area contributed by atoms with Crippen molar-refractivity contribution < 1.29 is 37.2 Å². The third kappa shape index (κ3) is 7.59. The first-order chi connectivity index (χ1) is 21.7. The Balaban J connectivity index is 1.39. The standard InChI is InChI=1S/C30H31ClF2N8O5/c1-38-22(20-6-7-23(46-13-8-34)27(33)26(20)32)15-36-28(38)29(44)37-18-4-5-19(21(31)14-18)30(45)40-11-9-39(10-12-40)25(43)17-41(2,3)16-24(35)42/h4-7,14-15H,9-13,16-17H2,1-3H3,(H2-,35,37,42,44,45)/p+1. The number of nitrogens with one attached hydrogen (secondary N) is 1. The molecule has 0 atom stereocenters. The number of imidazole rings is 1. The van der Waals surface area contributed by atoms with Gasteiger partial charge in [0.15, 0.2) is 37.1 Å². The zero-order valence-electron chi connectivity index (χ0n) is 25.3. The third-order valence-corrected chi connectivity index (χ3v) is 7.64. The topological polar surface area (TPSA) is 164 Å². The third-order valence-electron chi connectivity index (χ3n) is 7.33. The molecular formula is C30H32ClF2N8O5+. The number of primary amides is 1. The second-order valence-electron chi connectivity index (χ2n) is 11.3. The molecule has 0 saturated carbocycles. The van der Waals surface area contributed by atoms with Crippen LogP contribution in [0.2, 0.25) is 5.02 Å². The van der Waals surface area contributed by atoms with Gasteiger partial charge in [0, 0.05) is 44.5 Å². The molecule has 1 aliphatic rings. The lowest BCUT2D eigenvalue weighted by atomic mass is 10.1. The molecule has 242 valence electrons. The number of hydrogen-bond acceptors (Lipinski definition) is 7. The van der Waals surface area contributed by atoms with Gasteiger partial charge in [-0.2, -0.15) is 9.65 Å². The number of benzene rings is 2. The second kappa shape index (κ2) is 13.9. The van der Waals surface area contributed by atoms with Gasteiger partial charge in [-0.05, 0) is 30.3 Å². The fraction of sp³-hybridized carbons (Fsp3) is 0.333. The summed E-state index contributed by atoms with van der Waals surface area (Å²) < 4.78 is 35.5. The van der Waals surface area contributed by atoms with Crippen LogP contribution < -0.4 is 15.8 Å². The van der Waals surface area contributed by atoms with E-state index in [2.05, 4.69) is 10.3 Å². The van der Waals surface area contributed by atoms with Gasteiger partial charge in [0.2, 0.25) is 5.82 Å². The summed E-state index contributed by atoms with van der Waals surface area (Å²) in [6.07, 6.45) is 1.21. The van der Waals surface area contributed by atoms with Gasteiger partial charge in [0.05, 0.1) is 36.6 Å². The maximum atomic E-state index is 14.8. The highest BCUT2D eigenvalue weighted by atomic mass is 35.5. The van der Waals surface area contributed by atoms with Crippen molar-refractivity contribution in [2.45, 2.75) is 0 Å². The van der Waals surface area contributed by atoms with Crippen LogP contribution in [0.5, 0.6) is 5.75 Å². The number of ether oxygens (including phenoxy) is 1. The first-order valence-corrected chi connectivity index (χ1v) is 14.4. The summed E-state index contributed by atoms with van der Waals surface area (Å²) in [5.74, 6) is -4.69. The van der Waals surface area contributed by atoms with Crippen LogP contribution in [0.1, 0.15) is 21.0 Å². The van der Waals surface area contributed by atoms with Crippen LogP contribution in [0.25, 0.3) is 11.3 Å². The van der Waals surface area contributed by atoms with E-state index in [1.807, 2.05) is 0 Å². The molecule has 16 heteroatoms. The summed E-state index contributed by atoms with van der Waals surface area (Å²) in [6, 6.07) is 8.48. The van der Waals surface area contributed by atoms with Crippen molar-refractivity contribution >= 4 is 40.9 Å². The lowest BCUT2D eigenvalue weighted by Gasteiger charge is -2.36. The number of nitrogens with two attached hydrogens (primary N) is 1. The van der Waals surface area contributed by atoms with E-state index in [0.29, 0.717) is 13.1 Å². The van der Waals surface area contributed by atoms with Crippen molar-refractivity contribution in [2.75, 3.05) is 65.3 Å². The van der Waals surface area contributed by atoms with E-state index in [-0.39, 0.29) is 75.8 Å². The minimum Gasteiger partial charge on any atom is -0.476 e. The lowest BCUT2D eigenvalue weighted by molar-refractivity contribution is -0.874. The predicted molar refractivity (Wildman–Crippen MR) is 163 cm³/mol. The molecule has 1 fully saturated rings. The normalized spacial score (nSPS) is 13.2. The summed E-state index contributed by atoms with van der Waals surface area (Å²) in [4.78, 5) is 57.5. The van der Waals surface area contributed by atoms with Crippen LogP contribution in [0, 0.1) is 23.0 Å². The smallest absolute Gasteiger partial charge is 0.291 e. The molecule has 2 heterocycles. The van der Waals surface area contributed by atoms with Crippen LogP contribution >= 0.6 is 11.6 Å². The Hall–Kier alpha value is -5.07. The summed E-state index contributed by atoms with van der Waals surface area (Å²) in [7, 11) is 4.94. The number of anilines is 1. The molecule has 0 bridgehead atoms. The number of nitrogens with zero attached hydrogens (tertiary/aromatic N) is 6. The molecule has 1 aromatic heterocycles. The molecular weight excluding hydrogens is 626 g/mol. The number of carbonyl (C=O) groups excluding carboxylic acids is 4. The Morgan fingerprint density at radius 2 is 1.74 bits per heavy atom. The van der Waals surface area contributed by atoms with Crippen molar-refractivity contribution in [2.24, 2.45) is 12.8 Å². The van der Waals surface area contributed by atoms with E-state index < -0.39 is 35.8 Å². The fourth-order valence-electron chi connectivity index (χ4n) is 5.05. The van der Waals surface area contributed by atoms with E-state index in [1.54, 1.807) is 30.0 Å². The van der Waals surface area contributed by atoms with Crippen LogP contribution in [0.4, 0.5) is 14.5 Å². The number of amides is 4. The van der Waals surface area contributed by atoms with E-state index in [9.17, 15) is 28.0 Å². The molecule has 46 heavy (non-hydrogen) atoms. The monoisotopic (exact) mass is 657 g/mol. The van der Waals surface area contributed by atoms with Crippen LogP contribution in [0.3, 0.4) is 0 Å². The molecule has 13 nitrogen and oxygen atoms in total. The van der Waals surface area contributed by atoms with Gasteiger partial charge in [-0.1, -0.05) is 11.6 Å². The Kier molecular flexibility index (Phi) is 10.2. The summed E-state index contributed by atoms with van der Waals surface area (Å²) >= 11 is 6.43. The number of halogens is 3. The zero-order chi connectivity index (χ0) is 33.8. The Labute approximate surface area is 268 Å². The minimum atomic E-state index is -1.28. The van der Waals surface area contributed by atoms with Crippen molar-refractivity contribution in [3.05, 3.63) is 64.6 Å². The number of aromatic nitrogens is 2. The number of carbonyl (C=O) groups is 4. The summed E-state index contributed by atoms with van der Waals surface area (Å²) in [5, 5.41) is 11.3. The van der Waals surface area contributed by atoms with Gasteiger partial charge < -0.3 is 34.6 Å². The average Bonchev–Trinajstić information content (AvgIpc) is 3.37. The molecule has 4 amide bonds. The number of piperazine rings is 1. The number of rotatable bonds is 10. The van der Waals surface area contributed by atoms with Gasteiger partial charge in [-0.25, -0.2) is 9.37 Å². The summed E-state index contributed by atoms with van der Waals surface area (Å²) in [5.41, 5.74) is 5.69. The molecule has 1 aliphatic heterocycles. The highest BCUT2D eigenvalue weighted by Crippen LogP contribution is 2.30. The Morgan fingerprint density at radius 1 is 1.07 bits per heavy atom. The van der Waals surface area contributed by atoms with Gasteiger partial charge in [0.1, 0.15) is 6.07 Å². The molecule has 4 rings (SSSR count). The maximum Gasteiger partial charge on any atom is 0.291 e.